The van der Waals surface area contributed by atoms with Crippen molar-refractivity contribution in [1.29, 1.82) is 0 Å². The third-order valence-corrected chi connectivity index (χ3v) is 9.87. The normalized spacial score (nSPS) is 54.2. The molecule has 4 saturated carbocycles. The smallest absolute Gasteiger partial charge is 0.169 e. The Morgan fingerprint density at radius 1 is 0.880 bits per heavy atom. The number of carbonyl (C=O) groups excluding carboxylic acids is 1. The van der Waals surface area contributed by atoms with E-state index in [0.29, 0.717) is 22.5 Å². The van der Waals surface area contributed by atoms with Crippen molar-refractivity contribution in [3.63, 3.8) is 0 Å². The predicted octanol–water partition coefficient (Wildman–Crippen LogP) is 4.73. The summed E-state index contributed by atoms with van der Waals surface area (Å²) in [6.07, 6.45) is 10.3. The molecule has 25 heavy (non-hydrogen) atoms. The summed E-state index contributed by atoms with van der Waals surface area (Å²) >= 11 is 0. The van der Waals surface area contributed by atoms with Crippen LogP contribution in [0.2, 0.25) is 0 Å². The summed E-state index contributed by atoms with van der Waals surface area (Å²) in [5.74, 6) is 2.48. The fourth-order valence-electron chi connectivity index (χ4n) is 8.12. The number of ketones is 1. The van der Waals surface area contributed by atoms with Crippen LogP contribution in [-0.4, -0.2) is 24.8 Å². The van der Waals surface area contributed by atoms with E-state index in [4.69, 9.17) is 9.47 Å². The molecule has 5 aliphatic rings. The summed E-state index contributed by atoms with van der Waals surface area (Å²) in [5, 5.41) is 0. The average Bonchev–Trinajstić information content (AvgIpc) is 3.14. The van der Waals surface area contributed by atoms with Crippen molar-refractivity contribution < 1.29 is 14.3 Å². The predicted molar refractivity (Wildman–Crippen MR) is 96.0 cm³/mol. The summed E-state index contributed by atoms with van der Waals surface area (Å²) in [7, 11) is 0. The fraction of sp³-hybridized carbons (Fsp3) is 0.955. The van der Waals surface area contributed by atoms with Crippen LogP contribution in [0.1, 0.15) is 78.6 Å². The minimum Gasteiger partial charge on any atom is -0.348 e. The highest BCUT2D eigenvalue weighted by molar-refractivity contribution is 5.87. The first kappa shape index (κ1) is 16.7. The van der Waals surface area contributed by atoms with Gasteiger partial charge in [-0.1, -0.05) is 20.8 Å². The number of ether oxygens (including phenoxy) is 2. The van der Waals surface area contributed by atoms with E-state index < -0.39 is 0 Å². The molecular formula is C22H34O3. The maximum Gasteiger partial charge on any atom is 0.169 e. The van der Waals surface area contributed by atoms with E-state index >= 15 is 0 Å². The highest BCUT2D eigenvalue weighted by atomic mass is 16.7. The van der Waals surface area contributed by atoms with Gasteiger partial charge in [0.05, 0.1) is 13.2 Å². The number of hydrogen-bond acceptors (Lipinski definition) is 3. The van der Waals surface area contributed by atoms with E-state index in [9.17, 15) is 4.79 Å². The second kappa shape index (κ2) is 5.10. The van der Waals surface area contributed by atoms with E-state index in [-0.39, 0.29) is 11.2 Å². The quantitative estimate of drug-likeness (QED) is 0.636. The molecule has 0 bridgehead atoms. The number of carbonyl (C=O) groups is 1. The summed E-state index contributed by atoms with van der Waals surface area (Å²) in [6, 6.07) is 0. The maximum atomic E-state index is 12.6. The minimum absolute atomic E-state index is 0.00116. The SMILES string of the molecule is C[C@@]12CC[C@H]3[C@@H](CC[C@]4(C)C(=O)CC[C@H]34)[C@]1(C)CCC1(C2)OCCO1. The van der Waals surface area contributed by atoms with Gasteiger partial charge in [0.2, 0.25) is 0 Å². The zero-order valence-electron chi connectivity index (χ0n) is 16.2. The molecule has 1 heterocycles. The standard InChI is InChI=1S/C22H34O3/c1-19-8-6-15-16-4-5-18(23)20(16,2)9-7-17(15)21(19,3)10-11-22(14-19)24-12-13-25-22/h15-17H,4-14H2,1-3H3/t15-,16-,17-,19+,20+,21+/m1/s1. The van der Waals surface area contributed by atoms with Gasteiger partial charge in [-0.05, 0) is 67.1 Å². The monoisotopic (exact) mass is 346 g/mol. The molecule has 0 aromatic rings. The van der Waals surface area contributed by atoms with Crippen LogP contribution >= 0.6 is 0 Å². The third-order valence-electron chi connectivity index (χ3n) is 9.87. The molecule has 1 spiro atoms. The molecule has 1 aliphatic heterocycles. The van der Waals surface area contributed by atoms with Crippen molar-refractivity contribution in [1.82, 2.24) is 0 Å². The molecule has 1 saturated heterocycles. The first-order valence-corrected chi connectivity index (χ1v) is 10.6. The van der Waals surface area contributed by atoms with Crippen LogP contribution in [0.3, 0.4) is 0 Å². The Bertz CT molecular complexity index is 594. The molecule has 4 aliphatic carbocycles. The highest BCUT2D eigenvalue weighted by Gasteiger charge is 2.65. The van der Waals surface area contributed by atoms with Crippen LogP contribution in [0.5, 0.6) is 0 Å². The average molecular weight is 347 g/mol. The highest BCUT2D eigenvalue weighted by Crippen LogP contribution is 2.70. The minimum atomic E-state index is -0.284. The van der Waals surface area contributed by atoms with Crippen LogP contribution in [0, 0.1) is 34.0 Å². The van der Waals surface area contributed by atoms with Crippen LogP contribution in [0.25, 0.3) is 0 Å². The Balaban J connectivity index is 1.46. The third kappa shape index (κ3) is 2.03. The van der Waals surface area contributed by atoms with E-state index in [2.05, 4.69) is 20.8 Å². The molecule has 3 heteroatoms. The second-order valence-corrected chi connectivity index (χ2v) is 10.6. The molecule has 0 aromatic heterocycles. The fourth-order valence-corrected chi connectivity index (χ4v) is 8.12. The first-order chi connectivity index (χ1) is 11.8. The lowest BCUT2D eigenvalue weighted by atomic mass is 9.40. The van der Waals surface area contributed by atoms with Crippen LogP contribution < -0.4 is 0 Å². The number of Topliss-reactive ketones (excluding diaryl/α,β-unsaturated/α-hetero) is 1. The number of rotatable bonds is 0. The largest absolute Gasteiger partial charge is 0.348 e. The molecule has 0 unspecified atom stereocenters. The molecule has 0 aromatic carbocycles. The summed E-state index contributed by atoms with van der Waals surface area (Å²) in [6.45, 7) is 8.91. The molecule has 0 N–H and O–H groups in total. The molecule has 5 rings (SSSR count). The lowest BCUT2D eigenvalue weighted by molar-refractivity contribution is -0.256. The van der Waals surface area contributed by atoms with Crippen LogP contribution in [0.4, 0.5) is 0 Å². The second-order valence-electron chi connectivity index (χ2n) is 10.6. The lowest BCUT2D eigenvalue weighted by Crippen LogP contribution is -2.60. The molecule has 6 atom stereocenters. The van der Waals surface area contributed by atoms with Crippen molar-refractivity contribution in [3.05, 3.63) is 0 Å². The van der Waals surface area contributed by atoms with Crippen LogP contribution in [-0.2, 0) is 14.3 Å². The van der Waals surface area contributed by atoms with Gasteiger partial charge in [0.1, 0.15) is 5.78 Å². The molecule has 0 radical (unpaired) electrons. The lowest BCUT2D eigenvalue weighted by Gasteiger charge is -2.65. The summed E-state index contributed by atoms with van der Waals surface area (Å²) in [5.41, 5.74) is 0.690. The molecule has 0 amide bonds. The molecular weight excluding hydrogens is 312 g/mol. The molecule has 140 valence electrons. The van der Waals surface area contributed by atoms with Gasteiger partial charge < -0.3 is 9.47 Å². The topological polar surface area (TPSA) is 35.5 Å². The Morgan fingerprint density at radius 2 is 1.64 bits per heavy atom. The first-order valence-electron chi connectivity index (χ1n) is 10.6. The Hall–Kier alpha value is -0.410. The van der Waals surface area contributed by atoms with Gasteiger partial charge in [0, 0.05) is 24.7 Å². The summed E-state index contributed by atoms with van der Waals surface area (Å²) < 4.78 is 12.2. The van der Waals surface area contributed by atoms with Crippen molar-refractivity contribution in [3.8, 4) is 0 Å². The Kier molecular flexibility index (Phi) is 3.41. The van der Waals surface area contributed by atoms with Gasteiger partial charge in [0.25, 0.3) is 0 Å². The van der Waals surface area contributed by atoms with Gasteiger partial charge in [-0.15, -0.1) is 0 Å². The van der Waals surface area contributed by atoms with Gasteiger partial charge in [-0.25, -0.2) is 0 Å². The van der Waals surface area contributed by atoms with Gasteiger partial charge >= 0.3 is 0 Å². The van der Waals surface area contributed by atoms with Crippen molar-refractivity contribution in [2.45, 2.75) is 84.3 Å². The molecule has 5 fully saturated rings. The van der Waals surface area contributed by atoms with E-state index in [0.717, 1.165) is 57.2 Å². The van der Waals surface area contributed by atoms with Crippen molar-refractivity contribution in [2.75, 3.05) is 13.2 Å². The number of hydrogen-bond donors (Lipinski definition) is 0. The van der Waals surface area contributed by atoms with Crippen molar-refractivity contribution >= 4 is 5.78 Å². The van der Waals surface area contributed by atoms with E-state index in [1.165, 1.54) is 25.7 Å². The van der Waals surface area contributed by atoms with E-state index in [1.807, 2.05) is 0 Å². The molecule has 3 nitrogen and oxygen atoms in total. The zero-order chi connectivity index (χ0) is 17.5. The van der Waals surface area contributed by atoms with Gasteiger partial charge in [0.15, 0.2) is 5.79 Å². The van der Waals surface area contributed by atoms with Crippen molar-refractivity contribution in [2.24, 2.45) is 34.0 Å². The number of fused-ring (bicyclic) bond motifs is 5. The van der Waals surface area contributed by atoms with Gasteiger partial charge in [-0.3, -0.25) is 4.79 Å². The Labute approximate surface area is 152 Å². The Morgan fingerprint density at radius 3 is 2.40 bits per heavy atom. The maximum absolute atomic E-state index is 12.6. The summed E-state index contributed by atoms with van der Waals surface area (Å²) in [4.78, 5) is 12.6. The van der Waals surface area contributed by atoms with Gasteiger partial charge in [-0.2, -0.15) is 0 Å². The van der Waals surface area contributed by atoms with Crippen LogP contribution in [0.15, 0.2) is 0 Å². The van der Waals surface area contributed by atoms with E-state index in [1.54, 1.807) is 0 Å². The zero-order valence-corrected chi connectivity index (χ0v) is 16.2.